The Bertz CT molecular complexity index is 536. The number of hydrogen-bond acceptors (Lipinski definition) is 1. The lowest BCUT2D eigenvalue weighted by Gasteiger charge is -2.28. The Morgan fingerprint density at radius 3 is 2.03 bits per heavy atom. The highest BCUT2D eigenvalue weighted by molar-refractivity contribution is 5.27. The minimum Gasteiger partial charge on any atom is -0.490 e. The number of ether oxygens (including phenoxy) is 1. The Hall–Kier alpha value is -1.12. The Balaban J connectivity index is 1.62. The van der Waals surface area contributed by atoms with Gasteiger partial charge in [0.1, 0.15) is 18.5 Å². The van der Waals surface area contributed by atoms with E-state index < -0.39 is 12.3 Å². The van der Waals surface area contributed by atoms with Crippen LogP contribution < -0.4 is 4.74 Å². The molecule has 0 aliphatic heterocycles. The Labute approximate surface area is 184 Å². The molecule has 0 spiro atoms. The van der Waals surface area contributed by atoms with Crippen molar-refractivity contribution in [3.8, 4) is 5.75 Å². The summed E-state index contributed by atoms with van der Waals surface area (Å²) in [6.07, 6.45) is 13.6. The molecule has 30 heavy (non-hydrogen) atoms. The van der Waals surface area contributed by atoms with Crippen molar-refractivity contribution in [1.82, 2.24) is 0 Å². The maximum atomic E-state index is 13.9. The fourth-order valence-electron chi connectivity index (χ4n) is 4.67. The summed E-state index contributed by atoms with van der Waals surface area (Å²) in [5.74, 6) is 2.47. The highest BCUT2D eigenvalue weighted by Gasteiger charge is 2.21. The Morgan fingerprint density at radius 1 is 0.800 bits per heavy atom. The van der Waals surface area contributed by atoms with Crippen molar-refractivity contribution >= 4 is 0 Å². The second kappa shape index (κ2) is 14.8. The van der Waals surface area contributed by atoms with Crippen LogP contribution in [0.1, 0.15) is 103 Å². The molecule has 1 saturated carbocycles. The molecule has 0 radical (unpaired) electrons. The highest BCUT2D eigenvalue weighted by atomic mass is 19.2. The second-order valence-corrected chi connectivity index (χ2v) is 9.40. The SMILES string of the molecule is CCCCCC1CCC(CCc2ccc(OCC(F)C(F)CCCCC)cc2)CC1. The van der Waals surface area contributed by atoms with Gasteiger partial charge in [-0.15, -0.1) is 0 Å². The Kier molecular flexibility index (Phi) is 12.4. The highest BCUT2D eigenvalue weighted by Crippen LogP contribution is 2.34. The predicted octanol–water partition coefficient (Wildman–Crippen LogP) is 8.64. The van der Waals surface area contributed by atoms with E-state index in [2.05, 4.69) is 26.0 Å². The van der Waals surface area contributed by atoms with Crippen LogP contribution in [0.2, 0.25) is 0 Å². The summed E-state index contributed by atoms with van der Waals surface area (Å²) in [6.45, 7) is 4.14. The van der Waals surface area contributed by atoms with Crippen molar-refractivity contribution in [1.29, 1.82) is 0 Å². The summed E-state index contributed by atoms with van der Waals surface area (Å²) in [6, 6.07) is 7.95. The molecule has 0 aromatic heterocycles. The first-order valence-corrected chi connectivity index (χ1v) is 12.6. The standard InChI is InChI=1S/C27H44F2O/c1-3-5-7-9-22-11-13-23(14-12-22)15-16-24-17-19-25(20-18-24)30-21-27(29)26(28)10-8-6-4-2/h17-20,22-23,26-27H,3-16,21H2,1-2H3. The summed E-state index contributed by atoms with van der Waals surface area (Å²) in [4.78, 5) is 0. The molecule has 1 aliphatic rings. The van der Waals surface area contributed by atoms with E-state index in [1.165, 1.54) is 63.4 Å². The van der Waals surface area contributed by atoms with Gasteiger partial charge in [-0.1, -0.05) is 96.6 Å². The predicted molar refractivity (Wildman–Crippen MR) is 124 cm³/mol. The number of alkyl halides is 2. The van der Waals surface area contributed by atoms with Gasteiger partial charge in [0, 0.05) is 0 Å². The number of hydrogen-bond donors (Lipinski definition) is 0. The minimum absolute atomic E-state index is 0.200. The van der Waals surface area contributed by atoms with Crippen LogP contribution in [-0.4, -0.2) is 19.0 Å². The van der Waals surface area contributed by atoms with Gasteiger partial charge in [0.2, 0.25) is 0 Å². The molecular formula is C27H44F2O. The van der Waals surface area contributed by atoms with Crippen molar-refractivity contribution in [3.05, 3.63) is 29.8 Å². The summed E-state index contributed by atoms with van der Waals surface area (Å²) in [5, 5.41) is 0. The van der Waals surface area contributed by atoms with E-state index in [0.29, 0.717) is 5.75 Å². The monoisotopic (exact) mass is 422 g/mol. The summed E-state index contributed by atoms with van der Waals surface area (Å²) in [7, 11) is 0. The quantitative estimate of drug-likeness (QED) is 0.257. The van der Waals surface area contributed by atoms with E-state index in [9.17, 15) is 8.78 Å². The molecule has 0 bridgehead atoms. The zero-order chi connectivity index (χ0) is 21.6. The van der Waals surface area contributed by atoms with E-state index in [0.717, 1.165) is 37.5 Å². The van der Waals surface area contributed by atoms with Crippen molar-refractivity contribution < 1.29 is 13.5 Å². The third-order valence-electron chi connectivity index (χ3n) is 6.83. The molecule has 0 saturated heterocycles. The van der Waals surface area contributed by atoms with Gasteiger partial charge in [0.15, 0.2) is 6.17 Å². The van der Waals surface area contributed by atoms with Crippen LogP contribution in [0.25, 0.3) is 0 Å². The molecule has 0 N–H and O–H groups in total. The molecular weight excluding hydrogens is 378 g/mol. The summed E-state index contributed by atoms with van der Waals surface area (Å²) in [5.41, 5.74) is 1.31. The van der Waals surface area contributed by atoms with Crippen LogP contribution in [0.4, 0.5) is 8.78 Å². The molecule has 2 atom stereocenters. The van der Waals surface area contributed by atoms with Gasteiger partial charge in [-0.3, -0.25) is 0 Å². The Morgan fingerprint density at radius 2 is 1.40 bits per heavy atom. The molecule has 0 amide bonds. The van der Waals surface area contributed by atoms with E-state index in [4.69, 9.17) is 4.74 Å². The zero-order valence-electron chi connectivity index (χ0n) is 19.4. The van der Waals surface area contributed by atoms with Crippen LogP contribution in [0.5, 0.6) is 5.75 Å². The van der Waals surface area contributed by atoms with E-state index in [-0.39, 0.29) is 13.0 Å². The van der Waals surface area contributed by atoms with Crippen molar-refractivity contribution in [3.63, 3.8) is 0 Å². The molecule has 172 valence electrons. The molecule has 1 aromatic carbocycles. The molecule has 1 nitrogen and oxygen atoms in total. The van der Waals surface area contributed by atoms with Gasteiger partial charge >= 0.3 is 0 Å². The fourth-order valence-corrected chi connectivity index (χ4v) is 4.67. The fraction of sp³-hybridized carbons (Fsp3) is 0.778. The third-order valence-corrected chi connectivity index (χ3v) is 6.83. The van der Waals surface area contributed by atoms with E-state index >= 15 is 0 Å². The first kappa shape index (κ1) is 25.1. The molecule has 2 rings (SSSR count). The zero-order valence-corrected chi connectivity index (χ0v) is 19.4. The summed E-state index contributed by atoms with van der Waals surface area (Å²) >= 11 is 0. The molecule has 1 aromatic rings. The van der Waals surface area contributed by atoms with Gasteiger partial charge in [-0.05, 0) is 48.8 Å². The number of halogens is 2. The average Bonchev–Trinajstić information content (AvgIpc) is 2.78. The van der Waals surface area contributed by atoms with Gasteiger partial charge in [0.25, 0.3) is 0 Å². The number of benzene rings is 1. The molecule has 3 heteroatoms. The van der Waals surface area contributed by atoms with E-state index in [1.807, 2.05) is 12.1 Å². The maximum absolute atomic E-state index is 13.9. The number of unbranched alkanes of at least 4 members (excludes halogenated alkanes) is 4. The lowest BCUT2D eigenvalue weighted by molar-refractivity contribution is 0.102. The second-order valence-electron chi connectivity index (χ2n) is 9.40. The van der Waals surface area contributed by atoms with Crippen LogP contribution in [0, 0.1) is 11.8 Å². The van der Waals surface area contributed by atoms with Crippen molar-refractivity contribution in [2.24, 2.45) is 11.8 Å². The van der Waals surface area contributed by atoms with Crippen LogP contribution in [0.3, 0.4) is 0 Å². The minimum atomic E-state index is -1.54. The lowest BCUT2D eigenvalue weighted by Crippen LogP contribution is -2.24. The van der Waals surface area contributed by atoms with Crippen molar-refractivity contribution in [2.75, 3.05) is 6.61 Å². The third kappa shape index (κ3) is 9.79. The van der Waals surface area contributed by atoms with Crippen LogP contribution >= 0.6 is 0 Å². The molecule has 0 heterocycles. The molecule has 1 fully saturated rings. The lowest BCUT2D eigenvalue weighted by atomic mass is 9.78. The first-order valence-electron chi connectivity index (χ1n) is 12.6. The maximum Gasteiger partial charge on any atom is 0.165 e. The number of rotatable bonds is 15. The summed E-state index contributed by atoms with van der Waals surface area (Å²) < 4.78 is 33.2. The van der Waals surface area contributed by atoms with Crippen molar-refractivity contribution in [2.45, 2.75) is 116 Å². The van der Waals surface area contributed by atoms with Gasteiger partial charge in [0.05, 0.1) is 0 Å². The normalized spacial score (nSPS) is 21.3. The van der Waals surface area contributed by atoms with Gasteiger partial charge in [-0.2, -0.15) is 0 Å². The first-order chi connectivity index (χ1) is 14.6. The molecule has 2 unspecified atom stereocenters. The van der Waals surface area contributed by atoms with Gasteiger partial charge < -0.3 is 4.74 Å². The van der Waals surface area contributed by atoms with E-state index in [1.54, 1.807) is 0 Å². The molecule has 1 aliphatic carbocycles. The van der Waals surface area contributed by atoms with Crippen LogP contribution in [-0.2, 0) is 6.42 Å². The van der Waals surface area contributed by atoms with Gasteiger partial charge in [-0.25, -0.2) is 8.78 Å². The van der Waals surface area contributed by atoms with Crippen LogP contribution in [0.15, 0.2) is 24.3 Å². The smallest absolute Gasteiger partial charge is 0.165 e. The topological polar surface area (TPSA) is 9.23 Å². The average molecular weight is 423 g/mol. The number of aryl methyl sites for hydroxylation is 1. The largest absolute Gasteiger partial charge is 0.490 e.